The molecule has 0 aliphatic carbocycles. The zero-order valence-corrected chi connectivity index (χ0v) is 19.6. The number of carbonyl (C=O) groups is 2. The molecular weight excluding hydrogens is 508 g/mol. The number of hydrogen-bond acceptors (Lipinski definition) is 7. The van der Waals surface area contributed by atoms with Crippen molar-refractivity contribution in [2.45, 2.75) is 18.7 Å². The molecule has 0 radical (unpaired) electrons. The molecule has 1 aliphatic heterocycles. The summed E-state index contributed by atoms with van der Waals surface area (Å²) in [4.78, 5) is 27.3. The summed E-state index contributed by atoms with van der Waals surface area (Å²) in [7, 11) is -4.08. The number of ether oxygens (including phenoxy) is 1. The van der Waals surface area contributed by atoms with Crippen molar-refractivity contribution < 1.29 is 26.9 Å². The number of halogens is 1. The summed E-state index contributed by atoms with van der Waals surface area (Å²) in [6, 6.07) is 10.9. The van der Waals surface area contributed by atoms with Gasteiger partial charge in [-0.15, -0.1) is 0 Å². The Labute approximate surface area is 192 Å². The average Bonchev–Trinajstić information content (AvgIpc) is 3.03. The van der Waals surface area contributed by atoms with E-state index in [1.165, 1.54) is 19.1 Å². The van der Waals surface area contributed by atoms with Gasteiger partial charge in [-0.1, -0.05) is 18.2 Å². The summed E-state index contributed by atoms with van der Waals surface area (Å²) >= 11 is 4.35. The molecule has 1 heterocycles. The number of hydrogen-bond donors (Lipinski definition) is 1. The summed E-state index contributed by atoms with van der Waals surface area (Å²) in [5, 5.41) is 2.67. The van der Waals surface area contributed by atoms with E-state index in [1.807, 2.05) is 0 Å². The molecule has 0 atom stereocenters. The molecule has 1 N–H and O–H groups in total. The Morgan fingerprint density at radius 2 is 1.97 bits per heavy atom. The Hall–Kier alpha value is -2.63. The third-order valence-corrected chi connectivity index (χ3v) is 6.48. The topological polar surface area (TPSA) is 111 Å². The van der Waals surface area contributed by atoms with Crippen LogP contribution in [0.25, 0.3) is 6.08 Å². The molecule has 0 saturated carbocycles. The summed E-state index contributed by atoms with van der Waals surface area (Å²) < 4.78 is 36.5. The maximum atomic E-state index is 12.6. The molecule has 162 valence electrons. The van der Waals surface area contributed by atoms with Gasteiger partial charge in [-0.05, 0) is 70.5 Å². The molecule has 3 rings (SSSR count). The zero-order chi connectivity index (χ0) is 22.6. The number of thioether (sulfide) groups is 1. The van der Waals surface area contributed by atoms with Crippen LogP contribution in [0.5, 0.6) is 11.5 Å². The lowest BCUT2D eigenvalue weighted by Gasteiger charge is -2.14. The highest BCUT2D eigenvalue weighted by Gasteiger charge is 2.24. The Kier molecular flexibility index (Phi) is 7.19. The fourth-order valence-corrected chi connectivity index (χ4v) is 5.01. The number of carbonyl (C=O) groups excluding carboxylic acids is 2. The molecule has 31 heavy (non-hydrogen) atoms. The molecule has 0 unspecified atom stereocenters. The monoisotopic (exact) mass is 524 g/mol. The first kappa shape index (κ1) is 23.0. The number of rotatable bonds is 6. The van der Waals surface area contributed by atoms with E-state index in [2.05, 4.69) is 26.2 Å². The van der Waals surface area contributed by atoms with E-state index in [9.17, 15) is 18.0 Å². The second kappa shape index (κ2) is 9.67. The maximum Gasteiger partial charge on any atom is 0.339 e. The van der Waals surface area contributed by atoms with Gasteiger partial charge < -0.3 is 14.2 Å². The van der Waals surface area contributed by atoms with Crippen molar-refractivity contribution >= 4 is 60.9 Å². The molecule has 11 heteroatoms. The molecule has 0 spiro atoms. The van der Waals surface area contributed by atoms with Gasteiger partial charge in [0.15, 0.2) is 16.7 Å². The van der Waals surface area contributed by atoms with Crippen molar-refractivity contribution in [1.82, 2.24) is 5.32 Å². The number of amidine groups is 1. The van der Waals surface area contributed by atoms with Crippen molar-refractivity contribution in [2.75, 3.05) is 6.61 Å². The average molecular weight is 525 g/mol. The minimum Gasteiger partial charge on any atom is -0.490 e. The summed E-state index contributed by atoms with van der Waals surface area (Å²) in [6.45, 7) is 3.33. The number of nitrogens with zero attached hydrogens (tertiary/aromatic N) is 1. The minimum atomic E-state index is -4.08. The zero-order valence-electron chi connectivity index (χ0n) is 16.4. The van der Waals surface area contributed by atoms with Gasteiger partial charge in [-0.25, -0.2) is 0 Å². The van der Waals surface area contributed by atoms with Crippen molar-refractivity contribution in [3.63, 3.8) is 0 Å². The molecular formula is C20H17BrN2O6S2. The first-order valence-corrected chi connectivity index (χ1v) is 12.0. The van der Waals surface area contributed by atoms with Crippen LogP contribution in [0.1, 0.15) is 19.4 Å². The van der Waals surface area contributed by atoms with Gasteiger partial charge in [0.1, 0.15) is 4.90 Å². The maximum absolute atomic E-state index is 12.6. The van der Waals surface area contributed by atoms with Crippen LogP contribution in [0.15, 0.2) is 61.7 Å². The highest BCUT2D eigenvalue weighted by molar-refractivity contribution is 9.10. The SMILES string of the molecule is CCOc1cc(/C=C2/SC(NC(C)=O)=NC2=O)cc(Br)c1OS(=O)(=O)c1ccccc1. The summed E-state index contributed by atoms with van der Waals surface area (Å²) in [5.74, 6) is -0.646. The van der Waals surface area contributed by atoms with E-state index in [0.717, 1.165) is 11.8 Å². The first-order chi connectivity index (χ1) is 14.7. The van der Waals surface area contributed by atoms with Crippen LogP contribution in [0, 0.1) is 0 Å². The highest BCUT2D eigenvalue weighted by Crippen LogP contribution is 2.40. The largest absolute Gasteiger partial charge is 0.490 e. The van der Waals surface area contributed by atoms with Gasteiger partial charge in [0.05, 0.1) is 16.0 Å². The molecule has 0 bridgehead atoms. The van der Waals surface area contributed by atoms with Gasteiger partial charge >= 0.3 is 10.1 Å². The molecule has 1 aliphatic rings. The second-order valence-corrected chi connectivity index (χ2v) is 9.56. The Bertz CT molecular complexity index is 1190. The summed E-state index contributed by atoms with van der Waals surface area (Å²) in [6.07, 6.45) is 1.56. The predicted octanol–water partition coefficient (Wildman–Crippen LogP) is 3.72. The predicted molar refractivity (Wildman–Crippen MR) is 121 cm³/mol. The van der Waals surface area contributed by atoms with Crippen LogP contribution < -0.4 is 14.2 Å². The Morgan fingerprint density at radius 1 is 1.26 bits per heavy atom. The lowest BCUT2D eigenvalue weighted by Crippen LogP contribution is -2.23. The van der Waals surface area contributed by atoms with E-state index in [4.69, 9.17) is 8.92 Å². The number of amides is 2. The van der Waals surface area contributed by atoms with E-state index in [1.54, 1.807) is 43.3 Å². The Morgan fingerprint density at radius 3 is 2.61 bits per heavy atom. The molecule has 2 aromatic carbocycles. The van der Waals surface area contributed by atoms with E-state index >= 15 is 0 Å². The molecule has 8 nitrogen and oxygen atoms in total. The highest BCUT2D eigenvalue weighted by atomic mass is 79.9. The van der Waals surface area contributed by atoms with E-state index in [0.29, 0.717) is 14.9 Å². The lowest BCUT2D eigenvalue weighted by atomic mass is 10.2. The van der Waals surface area contributed by atoms with Crippen LogP contribution in [-0.2, 0) is 19.7 Å². The van der Waals surface area contributed by atoms with Crippen molar-refractivity contribution in [3.8, 4) is 11.5 Å². The van der Waals surface area contributed by atoms with Gasteiger partial charge in [0.25, 0.3) is 5.91 Å². The van der Waals surface area contributed by atoms with Crippen LogP contribution in [0.3, 0.4) is 0 Å². The van der Waals surface area contributed by atoms with E-state index < -0.39 is 16.0 Å². The quantitative estimate of drug-likeness (QED) is 0.452. The third kappa shape index (κ3) is 5.75. The Balaban J connectivity index is 1.93. The van der Waals surface area contributed by atoms with Gasteiger partial charge in [-0.3, -0.25) is 9.59 Å². The molecule has 0 fully saturated rings. The van der Waals surface area contributed by atoms with Crippen molar-refractivity contribution in [2.24, 2.45) is 4.99 Å². The standard InChI is InChI=1S/C20H17BrN2O6S2/c1-3-28-16-10-13(11-17-19(25)23-20(30-17)22-12(2)24)9-15(21)18(16)29-31(26,27)14-7-5-4-6-8-14/h4-11H,3H2,1-2H3,(H,22,23,24,25)/b17-11+. The normalized spacial score (nSPS) is 15.0. The molecule has 2 aromatic rings. The number of benzene rings is 2. The fraction of sp³-hybridized carbons (Fsp3) is 0.150. The fourth-order valence-electron chi connectivity index (χ4n) is 2.52. The van der Waals surface area contributed by atoms with Crippen LogP contribution in [0.4, 0.5) is 0 Å². The molecule has 0 aromatic heterocycles. The van der Waals surface area contributed by atoms with Gasteiger partial charge in [0.2, 0.25) is 5.91 Å². The van der Waals surface area contributed by atoms with E-state index in [-0.39, 0.29) is 34.1 Å². The smallest absolute Gasteiger partial charge is 0.339 e. The molecule has 2 amide bonds. The van der Waals surface area contributed by atoms with Crippen LogP contribution in [0.2, 0.25) is 0 Å². The van der Waals surface area contributed by atoms with Crippen molar-refractivity contribution in [3.05, 3.63) is 57.4 Å². The number of aliphatic imine (C=N–C) groups is 1. The lowest BCUT2D eigenvalue weighted by molar-refractivity contribution is -0.117. The van der Waals surface area contributed by atoms with Gasteiger partial charge in [0, 0.05) is 6.92 Å². The van der Waals surface area contributed by atoms with Gasteiger partial charge in [-0.2, -0.15) is 13.4 Å². The second-order valence-electron chi connectivity index (χ2n) is 6.13. The van der Waals surface area contributed by atoms with Crippen LogP contribution >= 0.6 is 27.7 Å². The number of nitrogens with one attached hydrogen (secondary N) is 1. The van der Waals surface area contributed by atoms with Crippen molar-refractivity contribution in [1.29, 1.82) is 0 Å². The molecule has 0 saturated heterocycles. The minimum absolute atomic E-state index is 0.00569. The first-order valence-electron chi connectivity index (χ1n) is 8.95. The third-order valence-electron chi connectivity index (χ3n) is 3.76. The summed E-state index contributed by atoms with van der Waals surface area (Å²) in [5.41, 5.74) is 0.551. The van der Waals surface area contributed by atoms with Crippen LogP contribution in [-0.4, -0.2) is 32.0 Å².